The van der Waals surface area contributed by atoms with Gasteiger partial charge < -0.3 is 14.6 Å². The van der Waals surface area contributed by atoms with E-state index >= 15 is 0 Å². The first-order valence-corrected chi connectivity index (χ1v) is 20.3. The van der Waals surface area contributed by atoms with Crippen LogP contribution in [0.4, 0.5) is 0 Å². The second-order valence-corrected chi connectivity index (χ2v) is 21.1. The molecule has 0 bridgehead atoms. The fraction of sp³-hybridized carbons (Fsp3) is 0.619. The smallest absolute Gasteiger partial charge is 0.261 e. The van der Waals surface area contributed by atoms with Crippen LogP contribution < -0.4 is 10.4 Å². The van der Waals surface area contributed by atoms with Crippen molar-refractivity contribution >= 4 is 18.7 Å². The molecule has 4 heteroatoms. The molecule has 2 aromatic carbocycles. The van der Waals surface area contributed by atoms with Crippen LogP contribution in [0.3, 0.4) is 0 Å². The number of aliphatic hydroxyl groups excluding tert-OH is 1. The molecular weight excluding hydrogens is 581 g/mol. The average Bonchev–Trinajstić information content (AvgIpc) is 3.45. The molecule has 3 nitrogen and oxygen atoms in total. The van der Waals surface area contributed by atoms with E-state index in [9.17, 15) is 10.2 Å². The molecule has 3 saturated carbocycles. The van der Waals surface area contributed by atoms with Gasteiger partial charge in [-0.25, -0.2) is 0 Å². The lowest BCUT2D eigenvalue weighted by atomic mass is 9.71. The quantitative estimate of drug-likeness (QED) is 0.254. The molecule has 0 heterocycles. The van der Waals surface area contributed by atoms with E-state index in [1.54, 1.807) is 5.57 Å². The monoisotopic (exact) mass is 642 g/mol. The van der Waals surface area contributed by atoms with E-state index in [0.717, 1.165) is 43.4 Å². The summed E-state index contributed by atoms with van der Waals surface area (Å²) >= 11 is 0. The highest BCUT2D eigenvalue weighted by Crippen LogP contribution is 2.52. The van der Waals surface area contributed by atoms with Gasteiger partial charge in [0, 0.05) is 5.92 Å². The van der Waals surface area contributed by atoms with Crippen molar-refractivity contribution in [3.05, 3.63) is 84.0 Å². The average molecular weight is 643 g/mol. The Labute approximate surface area is 281 Å². The fourth-order valence-electron chi connectivity index (χ4n) is 9.34. The van der Waals surface area contributed by atoms with E-state index in [-0.39, 0.29) is 17.1 Å². The van der Waals surface area contributed by atoms with Gasteiger partial charge in [0.2, 0.25) is 0 Å². The topological polar surface area (TPSA) is 49.7 Å². The fourth-order valence-corrected chi connectivity index (χ4v) is 14.1. The normalized spacial score (nSPS) is 30.0. The summed E-state index contributed by atoms with van der Waals surface area (Å²) in [5, 5.41) is 24.1. The minimum absolute atomic E-state index is 0.0422. The summed E-state index contributed by atoms with van der Waals surface area (Å²) in [6.45, 7) is 15.5. The number of fused-ring (bicyclic) bond motifs is 1. The van der Waals surface area contributed by atoms with Crippen LogP contribution in [0, 0.1) is 29.6 Å². The van der Waals surface area contributed by atoms with Gasteiger partial charge in [-0.2, -0.15) is 0 Å². The van der Waals surface area contributed by atoms with Crippen LogP contribution in [-0.4, -0.2) is 36.3 Å². The van der Waals surface area contributed by atoms with E-state index in [1.807, 2.05) is 13.8 Å². The third-order valence-electron chi connectivity index (χ3n) is 11.9. The summed E-state index contributed by atoms with van der Waals surface area (Å²) in [5.41, 5.74) is 2.42. The standard InChI is InChI=1S/C42H62O3Si/c1-30(16-15-27-42(6,7)44)36-25-26-37-33(17-14-22-38(36)37)24-23-32-28-39(43)31(2)40(29-32)45-46(41(3,4)5,34-18-10-8-11-19-34)35-20-12-9-13-21-35/h8-13,18-21,23-24,30-31,36-40,43-44H,14-17,22,25-29H2,1-7H3/b32-23+,33-24+/t30-,31-,36-,37+,38?,39-,40-/m1/s1. The van der Waals surface area contributed by atoms with E-state index in [2.05, 4.69) is 107 Å². The van der Waals surface area contributed by atoms with Crippen molar-refractivity contribution in [2.24, 2.45) is 29.6 Å². The maximum Gasteiger partial charge on any atom is 0.261 e. The van der Waals surface area contributed by atoms with Crippen molar-refractivity contribution < 1.29 is 14.6 Å². The summed E-state index contributed by atoms with van der Waals surface area (Å²) in [7, 11) is -2.72. The Morgan fingerprint density at radius 1 is 0.891 bits per heavy atom. The molecule has 1 unspecified atom stereocenters. The summed E-state index contributed by atoms with van der Waals surface area (Å²) in [5.74, 6) is 3.12. The highest BCUT2D eigenvalue weighted by Gasteiger charge is 2.52. The largest absolute Gasteiger partial charge is 0.404 e. The first-order valence-electron chi connectivity index (χ1n) is 18.4. The van der Waals surface area contributed by atoms with Crippen LogP contribution in [-0.2, 0) is 4.43 Å². The molecule has 3 aliphatic carbocycles. The van der Waals surface area contributed by atoms with Gasteiger partial charge in [0.25, 0.3) is 8.32 Å². The zero-order valence-electron chi connectivity index (χ0n) is 29.8. The summed E-state index contributed by atoms with van der Waals surface area (Å²) in [6, 6.07) is 21.8. The van der Waals surface area contributed by atoms with Gasteiger partial charge in [-0.1, -0.05) is 131 Å². The van der Waals surface area contributed by atoms with Crippen LogP contribution in [0.15, 0.2) is 84.0 Å². The Morgan fingerprint density at radius 3 is 2.11 bits per heavy atom. The third-order valence-corrected chi connectivity index (χ3v) is 17.0. The molecule has 0 saturated heterocycles. The molecule has 0 aromatic heterocycles. The predicted molar refractivity (Wildman–Crippen MR) is 196 cm³/mol. The van der Waals surface area contributed by atoms with Crippen molar-refractivity contribution in [3.63, 3.8) is 0 Å². The summed E-state index contributed by atoms with van der Waals surface area (Å²) < 4.78 is 7.58. The predicted octanol–water partition coefficient (Wildman–Crippen LogP) is 8.98. The SMILES string of the molecule is C[C@@H]1[C@H](O)C/C(=C\C=C2/CCCC3[C@H]2CC[C@@H]3[C@H](C)CCCC(C)(C)O)C[C@H]1O[Si](c1ccccc1)(c1ccccc1)C(C)(C)C. The first-order chi connectivity index (χ1) is 21.8. The number of rotatable bonds is 10. The molecule has 3 aliphatic rings. The van der Waals surface area contributed by atoms with Crippen molar-refractivity contribution in [2.45, 2.75) is 136 Å². The minimum Gasteiger partial charge on any atom is -0.404 e. The molecule has 3 fully saturated rings. The van der Waals surface area contributed by atoms with E-state index in [1.165, 1.54) is 54.5 Å². The zero-order chi connectivity index (χ0) is 33.1. The lowest BCUT2D eigenvalue weighted by Gasteiger charge is -2.48. The molecule has 2 aromatic rings. The van der Waals surface area contributed by atoms with E-state index in [4.69, 9.17) is 4.43 Å². The molecule has 5 rings (SSSR count). The van der Waals surface area contributed by atoms with Gasteiger partial charge in [-0.15, -0.1) is 0 Å². The number of aliphatic hydroxyl groups is 2. The van der Waals surface area contributed by atoms with E-state index in [0.29, 0.717) is 5.92 Å². The van der Waals surface area contributed by atoms with Crippen molar-refractivity contribution in [3.8, 4) is 0 Å². The van der Waals surface area contributed by atoms with Gasteiger partial charge in [-0.3, -0.25) is 0 Å². The first kappa shape index (κ1) is 35.3. The second kappa shape index (κ2) is 14.6. The maximum atomic E-state index is 11.4. The number of hydrogen-bond acceptors (Lipinski definition) is 3. The summed E-state index contributed by atoms with van der Waals surface area (Å²) in [6.07, 6.45) is 15.8. The second-order valence-electron chi connectivity index (χ2n) is 16.8. The van der Waals surface area contributed by atoms with Crippen LogP contribution in [0.1, 0.15) is 113 Å². The highest BCUT2D eigenvalue weighted by atomic mass is 28.4. The minimum atomic E-state index is -2.72. The molecule has 46 heavy (non-hydrogen) atoms. The maximum absolute atomic E-state index is 11.4. The lowest BCUT2D eigenvalue weighted by Crippen LogP contribution is -2.68. The molecular formula is C42H62O3Si. The van der Waals surface area contributed by atoms with Crippen molar-refractivity contribution in [1.82, 2.24) is 0 Å². The Balaban J connectivity index is 1.36. The molecule has 7 atom stereocenters. The van der Waals surface area contributed by atoms with Gasteiger partial charge >= 0.3 is 0 Å². The van der Waals surface area contributed by atoms with Crippen molar-refractivity contribution in [1.29, 1.82) is 0 Å². The molecule has 2 N–H and O–H groups in total. The molecule has 0 spiro atoms. The van der Waals surface area contributed by atoms with Crippen LogP contribution >= 0.6 is 0 Å². The van der Waals surface area contributed by atoms with Crippen LogP contribution in [0.25, 0.3) is 0 Å². The van der Waals surface area contributed by atoms with Crippen molar-refractivity contribution in [2.75, 3.05) is 0 Å². The Bertz CT molecular complexity index is 1280. The third kappa shape index (κ3) is 7.83. The Morgan fingerprint density at radius 2 is 1.52 bits per heavy atom. The highest BCUT2D eigenvalue weighted by molar-refractivity contribution is 6.99. The Hall–Kier alpha value is -1.98. The molecule has 0 aliphatic heterocycles. The van der Waals surface area contributed by atoms with Gasteiger partial charge in [-0.05, 0) is 104 Å². The van der Waals surface area contributed by atoms with Gasteiger partial charge in [0.1, 0.15) is 0 Å². The number of hydrogen-bond donors (Lipinski definition) is 2. The number of benzene rings is 2. The van der Waals surface area contributed by atoms with Crippen LogP contribution in [0.2, 0.25) is 5.04 Å². The molecule has 0 amide bonds. The summed E-state index contributed by atoms with van der Waals surface area (Å²) in [4.78, 5) is 0. The Kier molecular flexibility index (Phi) is 11.2. The zero-order valence-corrected chi connectivity index (χ0v) is 30.8. The van der Waals surface area contributed by atoms with Gasteiger partial charge in [0.05, 0.1) is 17.8 Å². The molecule has 0 radical (unpaired) electrons. The number of allylic oxidation sites excluding steroid dienone is 3. The van der Waals surface area contributed by atoms with Gasteiger partial charge in [0.15, 0.2) is 0 Å². The van der Waals surface area contributed by atoms with Crippen LogP contribution in [0.5, 0.6) is 0 Å². The molecule has 252 valence electrons. The lowest BCUT2D eigenvalue weighted by molar-refractivity contribution is 0.0122. The van der Waals surface area contributed by atoms with E-state index < -0.39 is 20.0 Å².